The average molecular weight is 316 g/mol. The summed E-state index contributed by atoms with van der Waals surface area (Å²) in [4.78, 5) is 14.6. The van der Waals surface area contributed by atoms with Crippen LogP contribution in [0.2, 0.25) is 0 Å². The Kier molecular flexibility index (Phi) is 3.96. The van der Waals surface area contributed by atoms with Crippen LogP contribution in [0.3, 0.4) is 0 Å². The Hall–Kier alpha value is -2.53. The van der Waals surface area contributed by atoms with Crippen molar-refractivity contribution in [3.8, 4) is 0 Å². The molecular formula is C16H17FN4O2. The second kappa shape index (κ2) is 5.93. The predicted octanol–water partition coefficient (Wildman–Crippen LogP) is 1.89. The first-order valence-corrected chi connectivity index (χ1v) is 7.65. The second-order valence-electron chi connectivity index (χ2n) is 5.79. The van der Waals surface area contributed by atoms with Crippen molar-refractivity contribution in [1.29, 1.82) is 5.53 Å². The molecule has 0 spiro atoms. The van der Waals surface area contributed by atoms with Gasteiger partial charge in [-0.05, 0) is 30.9 Å². The molecule has 1 aliphatic rings. The molecule has 7 heteroatoms. The van der Waals surface area contributed by atoms with Gasteiger partial charge in [0.25, 0.3) is 0 Å². The van der Waals surface area contributed by atoms with Gasteiger partial charge in [0.05, 0.1) is 12.1 Å². The zero-order chi connectivity index (χ0) is 16.6. The van der Waals surface area contributed by atoms with E-state index in [1.807, 2.05) is 0 Å². The number of nitrogens with zero attached hydrogens (tertiary/aromatic N) is 3. The van der Waals surface area contributed by atoms with Gasteiger partial charge in [-0.1, -0.05) is 19.1 Å². The number of carbonyl (C=O) groups is 1. The number of hydrogen-bond donors (Lipinski definition) is 1. The summed E-state index contributed by atoms with van der Waals surface area (Å²) < 4.78 is 16.2. The van der Waals surface area contributed by atoms with Gasteiger partial charge < -0.3 is 14.5 Å². The number of carboxylic acids is 1. The zero-order valence-electron chi connectivity index (χ0n) is 12.8. The summed E-state index contributed by atoms with van der Waals surface area (Å²) in [6.45, 7) is 2.19. The molecule has 2 heterocycles. The standard InChI is InChI=1S/C16H17FN4O2/c1-2-10(16(22)23)14-11-4-3-5-12(17)15(11)21-8-9(19-20-18)6-7-13(14)21/h3-5,9-10,18H,2,6-8H2,1H3/t9-,10?/m1/s1. The van der Waals surface area contributed by atoms with Crippen LogP contribution in [0.4, 0.5) is 4.39 Å². The molecule has 23 heavy (non-hydrogen) atoms. The van der Waals surface area contributed by atoms with Gasteiger partial charge in [-0.25, -0.2) is 4.39 Å². The summed E-state index contributed by atoms with van der Waals surface area (Å²) in [5.74, 6) is -2.28. The van der Waals surface area contributed by atoms with Gasteiger partial charge in [0.15, 0.2) is 6.04 Å². The van der Waals surface area contributed by atoms with E-state index in [2.05, 4.69) is 10.0 Å². The van der Waals surface area contributed by atoms with Crippen molar-refractivity contribution in [3.05, 3.63) is 35.3 Å². The highest BCUT2D eigenvalue weighted by atomic mass is 19.1. The Morgan fingerprint density at radius 2 is 2.39 bits per heavy atom. The Bertz CT molecular complexity index is 823. The van der Waals surface area contributed by atoms with Crippen LogP contribution in [0.5, 0.6) is 0 Å². The van der Waals surface area contributed by atoms with E-state index >= 15 is 0 Å². The number of carboxylic acid groups (broad SMARTS) is 1. The van der Waals surface area contributed by atoms with Crippen molar-refractivity contribution < 1.29 is 14.3 Å². The molecule has 3 rings (SSSR count). The molecule has 0 saturated heterocycles. The molecule has 1 N–H and O–H groups in total. The van der Waals surface area contributed by atoms with Crippen molar-refractivity contribution in [2.24, 2.45) is 5.11 Å². The minimum absolute atomic E-state index is 0.189. The molecule has 2 aromatic rings. The molecule has 0 amide bonds. The summed E-state index contributed by atoms with van der Waals surface area (Å²) >= 11 is 0. The minimum Gasteiger partial charge on any atom is -0.549 e. The molecule has 0 aliphatic carbocycles. The van der Waals surface area contributed by atoms with Crippen LogP contribution in [0.25, 0.3) is 10.9 Å². The van der Waals surface area contributed by atoms with Crippen molar-refractivity contribution in [2.75, 3.05) is 0 Å². The fraction of sp³-hybridized carbons (Fsp3) is 0.438. The highest BCUT2D eigenvalue weighted by Gasteiger charge is 2.31. The van der Waals surface area contributed by atoms with Crippen molar-refractivity contribution in [1.82, 2.24) is 9.48 Å². The summed E-state index contributed by atoms with van der Waals surface area (Å²) in [6.07, 6.45) is 1.63. The van der Waals surface area contributed by atoms with Crippen LogP contribution in [0.1, 0.15) is 36.9 Å². The second-order valence-corrected chi connectivity index (χ2v) is 5.79. The van der Waals surface area contributed by atoms with E-state index < -0.39 is 11.9 Å². The van der Waals surface area contributed by atoms with Crippen LogP contribution in [0.15, 0.2) is 23.3 Å². The topological polar surface area (TPSA) is 95.4 Å². The predicted molar refractivity (Wildman–Crippen MR) is 79.3 cm³/mol. The van der Waals surface area contributed by atoms with Crippen LogP contribution >= 0.6 is 0 Å². The zero-order valence-corrected chi connectivity index (χ0v) is 12.8. The Morgan fingerprint density at radius 3 is 3.04 bits per heavy atom. The molecule has 6 nitrogen and oxygen atoms in total. The van der Waals surface area contributed by atoms with Gasteiger partial charge in [0.2, 0.25) is 4.91 Å². The van der Waals surface area contributed by atoms with Crippen LogP contribution in [0, 0.1) is 11.3 Å². The quantitative estimate of drug-likeness (QED) is 0.688. The maximum absolute atomic E-state index is 14.4. The van der Waals surface area contributed by atoms with Crippen molar-refractivity contribution >= 4 is 16.9 Å². The fourth-order valence-electron chi connectivity index (χ4n) is 3.57. The first-order chi connectivity index (χ1) is 11.1. The van der Waals surface area contributed by atoms with Gasteiger partial charge in [-0.2, -0.15) is 0 Å². The third-order valence-electron chi connectivity index (χ3n) is 4.55. The SMILES string of the molecule is CCC(C(=O)[O-])c1c2n(c3c(F)cccc13)C[C@H](N=[N+]=N)CC2. The number of fused-ring (bicyclic) bond motifs is 3. The normalized spacial score (nSPS) is 18.3. The molecule has 0 radical (unpaired) electrons. The number of nitrogens with one attached hydrogen (secondary N) is 1. The molecule has 0 fully saturated rings. The third kappa shape index (κ3) is 2.43. The van der Waals surface area contributed by atoms with Crippen LogP contribution in [-0.2, 0) is 17.8 Å². The van der Waals surface area contributed by atoms with E-state index in [1.54, 1.807) is 23.6 Å². The van der Waals surface area contributed by atoms with E-state index in [9.17, 15) is 14.3 Å². The molecule has 1 aliphatic heterocycles. The number of carbonyl (C=O) groups excluding carboxylic acids is 1. The first-order valence-electron chi connectivity index (χ1n) is 7.65. The molecule has 1 unspecified atom stereocenters. The molecule has 1 aromatic carbocycles. The fourth-order valence-corrected chi connectivity index (χ4v) is 3.57. The van der Waals surface area contributed by atoms with Gasteiger partial charge in [-0.15, -0.1) is 0 Å². The Labute approximate surface area is 132 Å². The van der Waals surface area contributed by atoms with Crippen LogP contribution < -0.4 is 10.0 Å². The number of para-hydroxylation sites is 1. The largest absolute Gasteiger partial charge is 0.549 e. The van der Waals surface area contributed by atoms with E-state index in [0.717, 1.165) is 5.69 Å². The van der Waals surface area contributed by atoms with Gasteiger partial charge >= 0.3 is 0 Å². The molecule has 2 atom stereocenters. The smallest absolute Gasteiger partial charge is 0.214 e. The van der Waals surface area contributed by atoms with E-state index in [4.69, 9.17) is 5.53 Å². The van der Waals surface area contributed by atoms with Gasteiger partial charge in [-0.3, -0.25) is 0 Å². The summed E-state index contributed by atoms with van der Waals surface area (Å²) in [6, 6.07) is 4.53. The highest BCUT2D eigenvalue weighted by Crippen LogP contribution is 2.38. The lowest BCUT2D eigenvalue weighted by molar-refractivity contribution is -0.308. The number of rotatable bonds is 4. The van der Waals surface area contributed by atoms with E-state index in [0.29, 0.717) is 42.3 Å². The lowest BCUT2D eigenvalue weighted by Crippen LogP contribution is -2.31. The van der Waals surface area contributed by atoms with Gasteiger partial charge in [0, 0.05) is 23.0 Å². The molecular weight excluding hydrogens is 299 g/mol. The number of hydrogen-bond acceptors (Lipinski definition) is 4. The number of aromatic nitrogens is 1. The van der Waals surface area contributed by atoms with Gasteiger partial charge in [0.1, 0.15) is 16.5 Å². The van der Waals surface area contributed by atoms with Crippen molar-refractivity contribution in [3.63, 3.8) is 0 Å². The van der Waals surface area contributed by atoms with Crippen LogP contribution in [-0.4, -0.2) is 16.6 Å². The summed E-state index contributed by atoms with van der Waals surface area (Å²) in [5, 5.41) is 16.0. The molecule has 0 saturated carbocycles. The Morgan fingerprint density at radius 1 is 1.61 bits per heavy atom. The van der Waals surface area contributed by atoms with Crippen molar-refractivity contribution in [2.45, 2.75) is 44.7 Å². The maximum Gasteiger partial charge on any atom is 0.214 e. The third-order valence-corrected chi connectivity index (χ3v) is 4.55. The lowest BCUT2D eigenvalue weighted by atomic mass is 9.91. The number of aliphatic carboxylic acids is 1. The maximum atomic E-state index is 14.4. The monoisotopic (exact) mass is 316 g/mol. The highest BCUT2D eigenvalue weighted by molar-refractivity contribution is 5.91. The lowest BCUT2D eigenvalue weighted by Gasteiger charge is -2.23. The van der Waals surface area contributed by atoms with E-state index in [1.165, 1.54) is 6.07 Å². The molecule has 1 aromatic heterocycles. The summed E-state index contributed by atoms with van der Waals surface area (Å²) in [5.41, 5.74) is 8.77. The molecule has 0 bridgehead atoms. The minimum atomic E-state index is -1.14. The molecule has 120 valence electrons. The number of benzene rings is 1. The average Bonchev–Trinajstić information content (AvgIpc) is 2.84. The number of halogens is 1. The Balaban J connectivity index is 2.28. The summed E-state index contributed by atoms with van der Waals surface area (Å²) in [7, 11) is 0. The van der Waals surface area contributed by atoms with E-state index in [-0.39, 0.29) is 11.9 Å². The first kappa shape index (κ1) is 15.4.